The zero-order chi connectivity index (χ0) is 12.3. The van der Waals surface area contributed by atoms with E-state index in [1.807, 2.05) is 25.1 Å². The summed E-state index contributed by atoms with van der Waals surface area (Å²) in [6.07, 6.45) is -0.453. The minimum Gasteiger partial charge on any atom is -0.387 e. The van der Waals surface area contributed by atoms with Gasteiger partial charge in [-0.15, -0.1) is 0 Å². The lowest BCUT2D eigenvalue weighted by atomic mass is 10.1. The molecule has 1 aromatic carbocycles. The number of aliphatic hydroxyl groups excluding tert-OH is 1. The van der Waals surface area contributed by atoms with Crippen LogP contribution >= 0.6 is 11.6 Å². The van der Waals surface area contributed by atoms with E-state index in [9.17, 15) is 5.11 Å². The SMILES string of the molecule is Cc1ccc(C(O)CN2CCNCC2)cc1Cl. The van der Waals surface area contributed by atoms with Crippen LogP contribution in [-0.2, 0) is 0 Å². The summed E-state index contributed by atoms with van der Waals surface area (Å²) in [5.41, 5.74) is 1.95. The second kappa shape index (κ2) is 5.83. The fraction of sp³-hybridized carbons (Fsp3) is 0.538. The van der Waals surface area contributed by atoms with Crippen LogP contribution in [0.1, 0.15) is 17.2 Å². The van der Waals surface area contributed by atoms with Crippen LogP contribution in [0.15, 0.2) is 18.2 Å². The number of hydrogen-bond acceptors (Lipinski definition) is 3. The first kappa shape index (κ1) is 12.8. The fourth-order valence-electron chi connectivity index (χ4n) is 2.06. The molecule has 1 unspecified atom stereocenters. The molecule has 0 amide bonds. The predicted octanol–water partition coefficient (Wildman–Crippen LogP) is 1.59. The van der Waals surface area contributed by atoms with Gasteiger partial charge in [-0.25, -0.2) is 0 Å². The molecule has 94 valence electrons. The van der Waals surface area contributed by atoms with Gasteiger partial charge in [0.25, 0.3) is 0 Å². The lowest BCUT2D eigenvalue weighted by Crippen LogP contribution is -2.44. The Labute approximate surface area is 107 Å². The topological polar surface area (TPSA) is 35.5 Å². The summed E-state index contributed by atoms with van der Waals surface area (Å²) in [5.74, 6) is 0. The predicted molar refractivity (Wildman–Crippen MR) is 70.5 cm³/mol. The molecule has 1 saturated heterocycles. The molecule has 0 radical (unpaired) electrons. The Morgan fingerprint density at radius 3 is 2.76 bits per heavy atom. The van der Waals surface area contributed by atoms with E-state index in [2.05, 4.69) is 10.2 Å². The summed E-state index contributed by atoms with van der Waals surface area (Å²) < 4.78 is 0. The molecule has 1 heterocycles. The molecule has 1 aliphatic heterocycles. The smallest absolute Gasteiger partial charge is 0.0917 e. The summed E-state index contributed by atoms with van der Waals surface area (Å²) in [6, 6.07) is 5.77. The van der Waals surface area contributed by atoms with Crippen molar-refractivity contribution in [1.29, 1.82) is 0 Å². The van der Waals surface area contributed by atoms with Gasteiger partial charge in [0.2, 0.25) is 0 Å². The highest BCUT2D eigenvalue weighted by atomic mass is 35.5. The van der Waals surface area contributed by atoms with Gasteiger partial charge in [-0.1, -0.05) is 23.7 Å². The van der Waals surface area contributed by atoms with Crippen molar-refractivity contribution in [3.8, 4) is 0 Å². The van der Waals surface area contributed by atoms with E-state index < -0.39 is 6.10 Å². The van der Waals surface area contributed by atoms with Crippen LogP contribution in [-0.4, -0.2) is 42.7 Å². The molecule has 4 heteroatoms. The van der Waals surface area contributed by atoms with Crippen molar-refractivity contribution >= 4 is 11.6 Å². The largest absolute Gasteiger partial charge is 0.387 e. The second-order valence-corrected chi connectivity index (χ2v) is 4.98. The summed E-state index contributed by atoms with van der Waals surface area (Å²) >= 11 is 6.07. The number of aryl methyl sites for hydroxylation is 1. The average molecular weight is 255 g/mol. The molecule has 0 spiro atoms. The number of benzene rings is 1. The monoisotopic (exact) mass is 254 g/mol. The van der Waals surface area contributed by atoms with E-state index >= 15 is 0 Å². The Balaban J connectivity index is 1.98. The van der Waals surface area contributed by atoms with Gasteiger partial charge in [-0.3, -0.25) is 4.90 Å². The number of halogens is 1. The van der Waals surface area contributed by atoms with Crippen LogP contribution in [0.3, 0.4) is 0 Å². The molecule has 1 aromatic rings. The van der Waals surface area contributed by atoms with Crippen molar-refractivity contribution in [3.05, 3.63) is 34.3 Å². The normalized spacial score (nSPS) is 19.2. The molecule has 2 N–H and O–H groups in total. The van der Waals surface area contributed by atoms with E-state index in [0.717, 1.165) is 42.3 Å². The molecule has 0 aromatic heterocycles. The molecule has 2 rings (SSSR count). The average Bonchev–Trinajstić information content (AvgIpc) is 2.34. The van der Waals surface area contributed by atoms with Crippen LogP contribution in [0, 0.1) is 6.92 Å². The first-order valence-electron chi connectivity index (χ1n) is 6.04. The van der Waals surface area contributed by atoms with Crippen LogP contribution in [0.2, 0.25) is 5.02 Å². The van der Waals surface area contributed by atoms with Crippen LogP contribution in [0.5, 0.6) is 0 Å². The maximum absolute atomic E-state index is 10.2. The van der Waals surface area contributed by atoms with Crippen molar-refractivity contribution in [2.45, 2.75) is 13.0 Å². The third-order valence-electron chi connectivity index (χ3n) is 3.22. The number of nitrogens with zero attached hydrogens (tertiary/aromatic N) is 1. The fourth-order valence-corrected chi connectivity index (χ4v) is 2.25. The number of β-amino-alcohol motifs (C(OH)–C–C–N with tert-alkyl or cyclic N) is 1. The van der Waals surface area contributed by atoms with Gasteiger partial charge in [-0.2, -0.15) is 0 Å². The van der Waals surface area contributed by atoms with Gasteiger partial charge < -0.3 is 10.4 Å². The lowest BCUT2D eigenvalue weighted by Gasteiger charge is -2.29. The number of piperazine rings is 1. The third-order valence-corrected chi connectivity index (χ3v) is 3.63. The molecular formula is C13H19ClN2O. The van der Waals surface area contributed by atoms with Crippen molar-refractivity contribution in [2.75, 3.05) is 32.7 Å². The summed E-state index contributed by atoms with van der Waals surface area (Å²) in [6.45, 7) is 6.64. The van der Waals surface area contributed by atoms with Crippen LogP contribution < -0.4 is 5.32 Å². The maximum Gasteiger partial charge on any atom is 0.0917 e. The third kappa shape index (κ3) is 3.42. The molecule has 17 heavy (non-hydrogen) atoms. The summed E-state index contributed by atoms with van der Waals surface area (Å²) in [7, 11) is 0. The minimum absolute atomic E-state index is 0.453. The highest BCUT2D eigenvalue weighted by Gasteiger charge is 2.16. The number of nitrogens with one attached hydrogen (secondary N) is 1. The molecule has 1 fully saturated rings. The van der Waals surface area contributed by atoms with Gasteiger partial charge >= 0.3 is 0 Å². The van der Waals surface area contributed by atoms with E-state index in [1.165, 1.54) is 0 Å². The molecular weight excluding hydrogens is 236 g/mol. The molecule has 1 aliphatic rings. The number of rotatable bonds is 3. The Kier molecular flexibility index (Phi) is 4.40. The second-order valence-electron chi connectivity index (χ2n) is 4.58. The lowest BCUT2D eigenvalue weighted by molar-refractivity contribution is 0.105. The van der Waals surface area contributed by atoms with Gasteiger partial charge in [0.1, 0.15) is 0 Å². The standard InChI is InChI=1S/C13H19ClN2O/c1-10-2-3-11(8-12(10)14)13(17)9-16-6-4-15-5-7-16/h2-3,8,13,15,17H,4-7,9H2,1H3. The highest BCUT2D eigenvalue weighted by molar-refractivity contribution is 6.31. The van der Waals surface area contributed by atoms with Gasteiger partial charge in [0.05, 0.1) is 6.10 Å². The summed E-state index contributed by atoms with van der Waals surface area (Å²) in [5, 5.41) is 14.2. The Morgan fingerprint density at radius 1 is 1.41 bits per heavy atom. The Hall–Kier alpha value is -0.610. The number of hydrogen-bond donors (Lipinski definition) is 2. The molecule has 1 atom stereocenters. The van der Waals surface area contributed by atoms with Crippen molar-refractivity contribution in [2.24, 2.45) is 0 Å². The van der Waals surface area contributed by atoms with E-state index in [0.29, 0.717) is 6.54 Å². The van der Waals surface area contributed by atoms with Gasteiger partial charge in [-0.05, 0) is 24.1 Å². The molecule has 0 saturated carbocycles. The van der Waals surface area contributed by atoms with Crippen LogP contribution in [0.4, 0.5) is 0 Å². The van der Waals surface area contributed by atoms with E-state index in [1.54, 1.807) is 0 Å². The molecule has 3 nitrogen and oxygen atoms in total. The molecule has 0 bridgehead atoms. The van der Waals surface area contributed by atoms with Crippen LogP contribution in [0.25, 0.3) is 0 Å². The quantitative estimate of drug-likeness (QED) is 0.860. The zero-order valence-electron chi connectivity index (χ0n) is 10.1. The van der Waals surface area contributed by atoms with Gasteiger partial charge in [0.15, 0.2) is 0 Å². The highest BCUT2D eigenvalue weighted by Crippen LogP contribution is 2.22. The van der Waals surface area contributed by atoms with Crippen molar-refractivity contribution in [1.82, 2.24) is 10.2 Å². The Bertz CT molecular complexity index is 378. The first-order chi connectivity index (χ1) is 8.16. The van der Waals surface area contributed by atoms with Crippen molar-refractivity contribution in [3.63, 3.8) is 0 Å². The van der Waals surface area contributed by atoms with E-state index in [4.69, 9.17) is 11.6 Å². The maximum atomic E-state index is 10.2. The summed E-state index contributed by atoms with van der Waals surface area (Å²) in [4.78, 5) is 2.27. The van der Waals surface area contributed by atoms with E-state index in [-0.39, 0.29) is 0 Å². The van der Waals surface area contributed by atoms with Crippen molar-refractivity contribution < 1.29 is 5.11 Å². The van der Waals surface area contributed by atoms with Gasteiger partial charge in [0, 0.05) is 37.7 Å². The first-order valence-corrected chi connectivity index (χ1v) is 6.42. The number of aliphatic hydroxyl groups is 1. The Morgan fingerprint density at radius 2 is 2.12 bits per heavy atom. The molecule has 0 aliphatic carbocycles. The minimum atomic E-state index is -0.453. The zero-order valence-corrected chi connectivity index (χ0v) is 10.9.